The Balaban J connectivity index is 1.76. The van der Waals surface area contributed by atoms with Gasteiger partial charge in [0.1, 0.15) is 5.75 Å². The molecule has 0 unspecified atom stereocenters. The largest absolute Gasteiger partial charge is 0.483 e. The number of hydrazine groups is 1. The summed E-state index contributed by atoms with van der Waals surface area (Å²) in [6, 6.07) is 13.0. The molecule has 0 aromatic heterocycles. The Kier molecular flexibility index (Phi) is 8.60. The van der Waals surface area contributed by atoms with Crippen LogP contribution in [0.2, 0.25) is 0 Å². The van der Waals surface area contributed by atoms with Gasteiger partial charge in [-0.3, -0.25) is 25.8 Å². The van der Waals surface area contributed by atoms with Crippen LogP contribution in [0, 0.1) is 0 Å². The highest BCUT2D eigenvalue weighted by atomic mass is 79.9. The van der Waals surface area contributed by atoms with Gasteiger partial charge in [-0.2, -0.15) is 0 Å². The van der Waals surface area contributed by atoms with Crippen LogP contribution in [0.4, 0.5) is 0 Å². The molecule has 2 rings (SSSR count). The molecular formula is C21H24BrN3O3S. The summed E-state index contributed by atoms with van der Waals surface area (Å²) in [5, 5.41) is 2.50. The molecule has 0 bridgehead atoms. The number of thiocarbonyl (C=S) groups is 1. The monoisotopic (exact) mass is 477 g/mol. The van der Waals surface area contributed by atoms with Crippen LogP contribution in [0.3, 0.4) is 0 Å². The highest BCUT2D eigenvalue weighted by molar-refractivity contribution is 9.10. The molecule has 3 N–H and O–H groups in total. The van der Waals surface area contributed by atoms with Crippen molar-refractivity contribution in [3.05, 3.63) is 63.6 Å². The molecule has 8 heteroatoms. The third kappa shape index (κ3) is 7.14. The van der Waals surface area contributed by atoms with E-state index in [0.29, 0.717) is 17.2 Å². The van der Waals surface area contributed by atoms with Crippen LogP contribution in [0.1, 0.15) is 48.2 Å². The van der Waals surface area contributed by atoms with Crippen molar-refractivity contribution in [3.8, 4) is 5.75 Å². The molecule has 0 saturated carbocycles. The molecule has 0 aliphatic carbocycles. The molecule has 2 aromatic rings. The maximum absolute atomic E-state index is 12.2. The molecule has 154 valence electrons. The van der Waals surface area contributed by atoms with E-state index >= 15 is 0 Å². The van der Waals surface area contributed by atoms with Gasteiger partial charge in [-0.15, -0.1) is 0 Å². The average Bonchev–Trinajstić information content (AvgIpc) is 2.71. The van der Waals surface area contributed by atoms with E-state index in [4.69, 9.17) is 17.0 Å². The lowest BCUT2D eigenvalue weighted by Gasteiger charge is -2.12. The van der Waals surface area contributed by atoms with E-state index in [1.807, 2.05) is 24.3 Å². The van der Waals surface area contributed by atoms with Crippen LogP contribution < -0.4 is 20.9 Å². The van der Waals surface area contributed by atoms with Crippen molar-refractivity contribution in [1.82, 2.24) is 16.2 Å². The Hall–Kier alpha value is -2.45. The summed E-state index contributed by atoms with van der Waals surface area (Å²) in [5.41, 5.74) is 7.67. The molecule has 0 fully saturated rings. The fraction of sp³-hybridized carbons (Fsp3) is 0.286. The van der Waals surface area contributed by atoms with Gasteiger partial charge in [0.25, 0.3) is 11.8 Å². The second-order valence-corrected chi connectivity index (χ2v) is 7.90. The number of ether oxygens (including phenoxy) is 1. The Morgan fingerprint density at radius 1 is 1.10 bits per heavy atom. The summed E-state index contributed by atoms with van der Waals surface area (Å²) in [5.74, 6) is 0.160. The first-order chi connectivity index (χ1) is 13.8. The van der Waals surface area contributed by atoms with Crippen molar-refractivity contribution in [3.63, 3.8) is 0 Å². The number of halogens is 1. The zero-order valence-corrected chi connectivity index (χ0v) is 18.9. The van der Waals surface area contributed by atoms with Gasteiger partial charge in [0.05, 0.1) is 4.47 Å². The zero-order valence-electron chi connectivity index (χ0n) is 16.5. The first kappa shape index (κ1) is 22.8. The van der Waals surface area contributed by atoms with E-state index in [2.05, 4.69) is 52.9 Å². The van der Waals surface area contributed by atoms with Crippen LogP contribution >= 0.6 is 28.1 Å². The Labute approximate surface area is 184 Å². The third-order valence-corrected chi connectivity index (χ3v) is 4.97. The van der Waals surface area contributed by atoms with Crippen molar-refractivity contribution in [1.29, 1.82) is 0 Å². The zero-order chi connectivity index (χ0) is 21.4. The molecule has 2 aromatic carbocycles. The average molecular weight is 478 g/mol. The number of hydrogen-bond donors (Lipinski definition) is 3. The van der Waals surface area contributed by atoms with Gasteiger partial charge in [0, 0.05) is 5.56 Å². The molecule has 0 radical (unpaired) electrons. The quantitative estimate of drug-likeness (QED) is 0.434. The van der Waals surface area contributed by atoms with Crippen molar-refractivity contribution < 1.29 is 14.3 Å². The molecule has 29 heavy (non-hydrogen) atoms. The van der Waals surface area contributed by atoms with E-state index in [-0.39, 0.29) is 17.6 Å². The minimum atomic E-state index is -0.436. The lowest BCUT2D eigenvalue weighted by molar-refractivity contribution is -0.123. The van der Waals surface area contributed by atoms with Gasteiger partial charge in [0.2, 0.25) is 0 Å². The maximum atomic E-state index is 12.2. The molecule has 0 aliphatic rings. The first-order valence-corrected chi connectivity index (χ1v) is 10.4. The fourth-order valence-corrected chi connectivity index (χ4v) is 3.10. The molecule has 0 spiro atoms. The highest BCUT2D eigenvalue weighted by Crippen LogP contribution is 2.26. The van der Waals surface area contributed by atoms with E-state index in [1.165, 1.54) is 0 Å². The summed E-state index contributed by atoms with van der Waals surface area (Å²) in [4.78, 5) is 24.1. The topological polar surface area (TPSA) is 79.5 Å². The van der Waals surface area contributed by atoms with Gasteiger partial charge >= 0.3 is 0 Å². The van der Waals surface area contributed by atoms with Gasteiger partial charge in [-0.1, -0.05) is 39.0 Å². The number of benzene rings is 2. The first-order valence-electron chi connectivity index (χ1n) is 9.21. The van der Waals surface area contributed by atoms with Crippen LogP contribution in [-0.2, 0) is 11.2 Å². The van der Waals surface area contributed by atoms with E-state index in [1.54, 1.807) is 18.2 Å². The molecule has 0 heterocycles. The fourth-order valence-electron chi connectivity index (χ4n) is 2.41. The minimum Gasteiger partial charge on any atom is -0.483 e. The summed E-state index contributed by atoms with van der Waals surface area (Å²) >= 11 is 8.46. The van der Waals surface area contributed by atoms with E-state index < -0.39 is 5.91 Å². The van der Waals surface area contributed by atoms with Gasteiger partial charge < -0.3 is 4.74 Å². The van der Waals surface area contributed by atoms with Crippen LogP contribution in [0.25, 0.3) is 0 Å². The number of amides is 2. The third-order valence-electron chi connectivity index (χ3n) is 4.15. The molecule has 6 nitrogen and oxygen atoms in total. The summed E-state index contributed by atoms with van der Waals surface area (Å²) < 4.78 is 6.26. The summed E-state index contributed by atoms with van der Waals surface area (Å²) in [6.07, 6.45) is 0.911. The number of carbonyl (C=O) groups is 2. The second-order valence-electron chi connectivity index (χ2n) is 6.64. The highest BCUT2D eigenvalue weighted by Gasteiger charge is 2.10. The summed E-state index contributed by atoms with van der Waals surface area (Å²) in [7, 11) is 0. The second kappa shape index (κ2) is 10.9. The smallest absolute Gasteiger partial charge is 0.276 e. The lowest BCUT2D eigenvalue weighted by atomic mass is 10.0. The predicted octanol–water partition coefficient (Wildman–Crippen LogP) is 3.85. The summed E-state index contributed by atoms with van der Waals surface area (Å²) in [6.45, 7) is 6.02. The van der Waals surface area contributed by atoms with Crippen LogP contribution in [0.5, 0.6) is 5.75 Å². The molecule has 0 saturated heterocycles. The van der Waals surface area contributed by atoms with Crippen molar-refractivity contribution in [2.24, 2.45) is 0 Å². The molecular weight excluding hydrogens is 454 g/mol. The molecule has 0 atom stereocenters. The SMILES string of the molecule is CCc1ccc(OCC(=O)NNC(=S)NC(=O)c2ccc(C(C)C)cc2)c(Br)c1. The number of aryl methyl sites for hydroxylation is 1. The van der Waals surface area contributed by atoms with E-state index in [0.717, 1.165) is 22.0 Å². The van der Waals surface area contributed by atoms with E-state index in [9.17, 15) is 9.59 Å². The number of nitrogens with one attached hydrogen (secondary N) is 3. The maximum Gasteiger partial charge on any atom is 0.276 e. The predicted molar refractivity (Wildman–Crippen MR) is 121 cm³/mol. The number of hydrogen-bond acceptors (Lipinski definition) is 4. The number of rotatable bonds is 6. The molecule has 2 amide bonds. The van der Waals surface area contributed by atoms with Crippen molar-refractivity contribution in [2.45, 2.75) is 33.1 Å². The van der Waals surface area contributed by atoms with Gasteiger partial charge in [-0.25, -0.2) is 0 Å². The normalized spacial score (nSPS) is 10.4. The minimum absolute atomic E-state index is 0.00948. The van der Waals surface area contributed by atoms with Crippen molar-refractivity contribution in [2.75, 3.05) is 6.61 Å². The number of carbonyl (C=O) groups excluding carboxylic acids is 2. The Morgan fingerprint density at radius 2 is 1.79 bits per heavy atom. The van der Waals surface area contributed by atoms with Gasteiger partial charge in [-0.05, 0) is 75.9 Å². The Morgan fingerprint density at radius 3 is 2.38 bits per heavy atom. The molecule has 0 aliphatic heterocycles. The van der Waals surface area contributed by atoms with Crippen LogP contribution in [-0.4, -0.2) is 23.5 Å². The Bertz CT molecular complexity index is 885. The van der Waals surface area contributed by atoms with Crippen LogP contribution in [0.15, 0.2) is 46.9 Å². The lowest BCUT2D eigenvalue weighted by Crippen LogP contribution is -2.49. The van der Waals surface area contributed by atoms with Gasteiger partial charge in [0.15, 0.2) is 11.7 Å². The van der Waals surface area contributed by atoms with Crippen molar-refractivity contribution >= 4 is 45.1 Å². The standard InChI is InChI=1S/C21H24BrN3O3S/c1-4-14-5-10-18(17(22)11-14)28-12-19(26)24-25-21(29)23-20(27)16-8-6-15(7-9-16)13(2)3/h5-11,13H,4,12H2,1-3H3,(H,24,26)(H2,23,25,27,29).